The third-order valence-corrected chi connectivity index (χ3v) is 0.167. The zero-order valence-electron chi connectivity index (χ0n) is 3.51. The van der Waals surface area contributed by atoms with Crippen LogP contribution in [0.2, 0.25) is 0 Å². The van der Waals surface area contributed by atoms with E-state index in [1.165, 1.54) is 0 Å². The maximum atomic E-state index is 8.93. The predicted molar refractivity (Wildman–Crippen MR) is 13.6 cm³/mol. The summed E-state index contributed by atoms with van der Waals surface area (Å²) in [6, 6.07) is 0. The molecule has 0 bridgehead atoms. The van der Waals surface area contributed by atoms with E-state index in [0.29, 0.717) is 0 Å². The molecule has 0 aliphatic rings. The molecule has 0 amide bonds. The molecule has 0 aromatic rings. The minimum absolute atomic E-state index is 0. The van der Waals surface area contributed by atoms with Crippen LogP contribution in [0.25, 0.3) is 0 Å². The molecule has 0 aromatic carbocycles. The molecule has 6 heteroatoms. The Morgan fingerprint density at radius 3 is 1.12 bits per heavy atom. The van der Waals surface area contributed by atoms with E-state index in [4.69, 9.17) is 19.8 Å². The Balaban J connectivity index is -0.000000125. The van der Waals surface area contributed by atoms with Crippen LogP contribution in [0.5, 0.6) is 0 Å². The van der Waals surface area contributed by atoms with E-state index in [0.717, 1.165) is 0 Å². The first kappa shape index (κ1) is 15.7. The second-order valence-corrected chi connectivity index (χ2v) is 0.575. The van der Waals surface area contributed by atoms with Crippen LogP contribution in [-0.2, 0) is 26.7 Å². The van der Waals surface area contributed by atoms with Crippen LogP contribution < -0.4 is 10.2 Å². The Bertz CT molecular complexity index is 76.4. The van der Waals surface area contributed by atoms with Gasteiger partial charge in [-0.1, -0.05) is 0 Å². The molecule has 0 aromatic heterocycles. The van der Waals surface area contributed by atoms with Gasteiger partial charge in [0.1, 0.15) is 0 Å². The average Bonchev–Trinajstić information content (AvgIpc) is 1.36. The van der Waals surface area contributed by atoms with Crippen molar-refractivity contribution in [2.75, 3.05) is 0 Å². The average molecular weight is 161 g/mol. The molecule has 47 valence electrons. The second kappa shape index (κ2) is 6.42. The van der Waals surface area contributed by atoms with E-state index >= 15 is 0 Å². The second-order valence-electron chi connectivity index (χ2n) is 0.575. The number of aliphatic carboxylic acids is 2. The summed E-state index contributed by atoms with van der Waals surface area (Å²) in [5, 5.41) is 17.9. The Kier molecular flexibility index (Phi) is 12.6. The zero-order valence-corrected chi connectivity index (χ0v) is 4.69. The zero-order chi connectivity index (χ0) is 5.15. The topological polar surface area (TPSA) is 112 Å². The fourth-order valence-corrected chi connectivity index (χ4v) is 0. The minimum atomic E-state index is -2.19. The van der Waals surface area contributed by atoms with Gasteiger partial charge in [0.25, 0.3) is 0 Å². The van der Waals surface area contributed by atoms with Gasteiger partial charge in [-0.3, -0.25) is 0 Å². The van der Waals surface area contributed by atoms with Crippen molar-refractivity contribution >= 4 is 11.9 Å². The van der Waals surface area contributed by atoms with E-state index in [1.54, 1.807) is 0 Å². The number of hydrogen-bond donors (Lipinski definition) is 0. The number of rotatable bonds is 0. The summed E-state index contributed by atoms with van der Waals surface area (Å²) in [5.74, 6) is -4.37. The molecular weight excluding hydrogens is 159 g/mol. The van der Waals surface area contributed by atoms with Gasteiger partial charge >= 0.3 is 17.1 Å². The molecule has 5 nitrogen and oxygen atoms in total. The van der Waals surface area contributed by atoms with Gasteiger partial charge in [-0.2, -0.15) is 0 Å². The van der Waals surface area contributed by atoms with Crippen molar-refractivity contribution in [3.05, 3.63) is 0 Å². The molecular formula is C2H2MnO5. The molecule has 8 heavy (non-hydrogen) atoms. The summed E-state index contributed by atoms with van der Waals surface area (Å²) < 4.78 is 0. The third kappa shape index (κ3) is 9.05. The summed E-state index contributed by atoms with van der Waals surface area (Å²) in [6.45, 7) is 0. The van der Waals surface area contributed by atoms with Crippen LogP contribution in [0.1, 0.15) is 0 Å². The van der Waals surface area contributed by atoms with Crippen LogP contribution in [-0.4, -0.2) is 17.4 Å². The molecule has 0 spiro atoms. The van der Waals surface area contributed by atoms with Crippen LogP contribution in [0.3, 0.4) is 0 Å². The Morgan fingerprint density at radius 2 is 1.12 bits per heavy atom. The summed E-state index contributed by atoms with van der Waals surface area (Å²) in [5.41, 5.74) is 0. The van der Waals surface area contributed by atoms with Crippen molar-refractivity contribution in [2.24, 2.45) is 0 Å². The van der Waals surface area contributed by atoms with E-state index in [2.05, 4.69) is 0 Å². The van der Waals surface area contributed by atoms with Gasteiger partial charge in [-0.05, 0) is 0 Å². The van der Waals surface area contributed by atoms with Crippen molar-refractivity contribution in [1.29, 1.82) is 0 Å². The van der Waals surface area contributed by atoms with E-state index in [1.807, 2.05) is 0 Å². The van der Waals surface area contributed by atoms with Gasteiger partial charge in [0.15, 0.2) is 0 Å². The fourth-order valence-electron chi connectivity index (χ4n) is 0. The maximum Gasteiger partial charge on any atom is 2.00 e. The van der Waals surface area contributed by atoms with Crippen molar-refractivity contribution in [3.8, 4) is 0 Å². The molecule has 0 atom stereocenters. The van der Waals surface area contributed by atoms with Crippen molar-refractivity contribution in [3.63, 3.8) is 0 Å². The van der Waals surface area contributed by atoms with Crippen LogP contribution in [0.4, 0.5) is 0 Å². The number of carboxylic acid groups (broad SMARTS) is 2. The summed E-state index contributed by atoms with van der Waals surface area (Å²) in [6.07, 6.45) is 0. The molecule has 0 rings (SSSR count). The molecule has 0 unspecified atom stereocenters. The first-order valence-corrected chi connectivity index (χ1v) is 1.07. The molecule has 2 N–H and O–H groups in total. The maximum absolute atomic E-state index is 8.93. The van der Waals surface area contributed by atoms with Crippen LogP contribution in [0.15, 0.2) is 0 Å². The normalized spacial score (nSPS) is 5.50. The van der Waals surface area contributed by atoms with Gasteiger partial charge in [0.05, 0.1) is 11.9 Å². The quantitative estimate of drug-likeness (QED) is 0.264. The first-order chi connectivity index (χ1) is 2.64. The Hall–Kier alpha value is -0.581. The number of hydrogen-bond acceptors (Lipinski definition) is 4. The summed E-state index contributed by atoms with van der Waals surface area (Å²) in [4.78, 5) is 17.9. The van der Waals surface area contributed by atoms with Gasteiger partial charge in [0.2, 0.25) is 0 Å². The number of carbonyl (C=O) groups is 2. The van der Waals surface area contributed by atoms with Crippen molar-refractivity contribution in [1.82, 2.24) is 0 Å². The van der Waals surface area contributed by atoms with Crippen LogP contribution in [0, 0.1) is 0 Å². The molecule has 0 saturated carbocycles. The van der Waals surface area contributed by atoms with Gasteiger partial charge in [-0.15, -0.1) is 0 Å². The van der Waals surface area contributed by atoms with E-state index in [-0.39, 0.29) is 22.5 Å². The van der Waals surface area contributed by atoms with Gasteiger partial charge in [-0.25, -0.2) is 0 Å². The molecule has 0 saturated heterocycles. The summed E-state index contributed by atoms with van der Waals surface area (Å²) >= 11 is 0. The minimum Gasteiger partial charge on any atom is -0.543 e. The molecule has 0 heterocycles. The van der Waals surface area contributed by atoms with Gasteiger partial charge < -0.3 is 25.3 Å². The Labute approximate surface area is 55.1 Å². The fraction of sp³-hybridized carbons (Fsp3) is 0. The van der Waals surface area contributed by atoms with Crippen molar-refractivity contribution in [2.45, 2.75) is 0 Å². The Morgan fingerprint density at radius 1 is 1.00 bits per heavy atom. The largest absolute Gasteiger partial charge is 2.00 e. The summed E-state index contributed by atoms with van der Waals surface area (Å²) in [7, 11) is 0. The standard InChI is InChI=1S/C2H2O4.Mn.H2O/c3-1(4)2(5)6;;/h(H,3,4)(H,5,6);;1H2/q;+2;/p-2. The molecule has 0 fully saturated rings. The number of carbonyl (C=O) groups excluding carboxylic acids is 2. The predicted octanol–water partition coefficient (Wildman–Crippen LogP) is -4.34. The SMILES string of the molecule is O.O=C([O-])C(=O)[O-].[Mn+2]. The smallest absolute Gasteiger partial charge is 0.543 e. The first-order valence-electron chi connectivity index (χ1n) is 1.07. The van der Waals surface area contributed by atoms with Crippen LogP contribution >= 0.6 is 0 Å². The molecule has 0 aliphatic carbocycles. The third-order valence-electron chi connectivity index (χ3n) is 0.167. The number of carboxylic acids is 2. The molecule has 0 aliphatic heterocycles. The van der Waals surface area contributed by atoms with Crippen molar-refractivity contribution < 1.29 is 42.3 Å². The monoisotopic (exact) mass is 161 g/mol. The van der Waals surface area contributed by atoms with Gasteiger partial charge in [0, 0.05) is 0 Å². The van der Waals surface area contributed by atoms with E-state index in [9.17, 15) is 0 Å². The van der Waals surface area contributed by atoms with E-state index < -0.39 is 11.9 Å². The molecule has 1 radical (unpaired) electrons.